The highest BCUT2D eigenvalue weighted by Gasteiger charge is 2.31. The van der Waals surface area contributed by atoms with E-state index in [2.05, 4.69) is 0 Å². The Morgan fingerprint density at radius 3 is 2.60 bits per heavy atom. The van der Waals surface area contributed by atoms with Gasteiger partial charge in [-0.15, -0.1) is 0 Å². The summed E-state index contributed by atoms with van der Waals surface area (Å²) in [6, 6.07) is 0. The number of imide groups is 1. The van der Waals surface area contributed by atoms with Gasteiger partial charge in [-0.25, -0.2) is 9.69 Å². The summed E-state index contributed by atoms with van der Waals surface area (Å²) in [5.74, 6) is 0.248. The highest BCUT2D eigenvalue weighted by Crippen LogP contribution is 2.19. The Kier molecular flexibility index (Phi) is 3.37. The molecule has 86 valence electrons. The van der Waals surface area contributed by atoms with Crippen molar-refractivity contribution >= 4 is 12.0 Å². The molecule has 4 nitrogen and oxygen atoms in total. The zero-order chi connectivity index (χ0) is 11.6. The van der Waals surface area contributed by atoms with Crippen LogP contribution in [-0.4, -0.2) is 29.0 Å². The number of hydrogen-bond donors (Lipinski definition) is 0. The first-order valence-electron chi connectivity index (χ1n) is 5.33. The molecule has 0 bridgehead atoms. The van der Waals surface area contributed by atoms with E-state index in [9.17, 15) is 9.59 Å². The minimum Gasteiger partial charge on any atom is -0.443 e. The van der Waals surface area contributed by atoms with E-state index in [1.54, 1.807) is 20.8 Å². The first-order valence-corrected chi connectivity index (χ1v) is 5.33. The topological polar surface area (TPSA) is 46.6 Å². The molecule has 1 aliphatic heterocycles. The van der Waals surface area contributed by atoms with Crippen molar-refractivity contribution in [1.82, 2.24) is 4.90 Å². The van der Waals surface area contributed by atoms with E-state index in [0.717, 1.165) is 6.42 Å². The maximum Gasteiger partial charge on any atom is 0.417 e. The smallest absolute Gasteiger partial charge is 0.417 e. The second-order valence-electron chi connectivity index (χ2n) is 5.13. The van der Waals surface area contributed by atoms with Crippen molar-refractivity contribution in [3.63, 3.8) is 0 Å². The fraction of sp³-hybridized carbons (Fsp3) is 0.818. The van der Waals surface area contributed by atoms with Crippen molar-refractivity contribution < 1.29 is 14.3 Å². The molecular weight excluding hydrogens is 194 g/mol. The fourth-order valence-corrected chi connectivity index (χ4v) is 1.50. The number of amides is 2. The van der Waals surface area contributed by atoms with Crippen LogP contribution in [0.1, 0.15) is 40.5 Å². The summed E-state index contributed by atoms with van der Waals surface area (Å²) in [5.41, 5.74) is -0.544. The van der Waals surface area contributed by atoms with Gasteiger partial charge in [-0.05, 0) is 33.1 Å². The summed E-state index contributed by atoms with van der Waals surface area (Å²) in [6.07, 6.45) is 0.789. The molecular formula is C11H19NO3. The van der Waals surface area contributed by atoms with Gasteiger partial charge in [0, 0.05) is 13.0 Å². The molecule has 2 amide bonds. The number of piperidine rings is 1. The number of carbonyl (C=O) groups excluding carboxylic acids is 2. The van der Waals surface area contributed by atoms with Crippen LogP contribution in [-0.2, 0) is 9.53 Å². The average molecular weight is 213 g/mol. The maximum absolute atomic E-state index is 11.7. The molecule has 0 spiro atoms. The van der Waals surface area contributed by atoms with E-state index in [4.69, 9.17) is 4.74 Å². The van der Waals surface area contributed by atoms with Gasteiger partial charge in [0.25, 0.3) is 0 Å². The van der Waals surface area contributed by atoms with Crippen LogP contribution in [0.4, 0.5) is 4.79 Å². The van der Waals surface area contributed by atoms with Crippen molar-refractivity contribution in [3.05, 3.63) is 0 Å². The molecule has 0 saturated carbocycles. The molecule has 1 heterocycles. The number of hydrogen-bond acceptors (Lipinski definition) is 3. The van der Waals surface area contributed by atoms with E-state index >= 15 is 0 Å². The fourth-order valence-electron chi connectivity index (χ4n) is 1.50. The Morgan fingerprint density at radius 2 is 2.07 bits per heavy atom. The number of likely N-dealkylation sites (tertiary alicyclic amines) is 1. The molecule has 1 aliphatic rings. The van der Waals surface area contributed by atoms with Crippen molar-refractivity contribution in [2.24, 2.45) is 5.92 Å². The molecule has 4 heteroatoms. The van der Waals surface area contributed by atoms with Crippen LogP contribution in [0.2, 0.25) is 0 Å². The second-order valence-corrected chi connectivity index (χ2v) is 5.13. The van der Waals surface area contributed by atoms with Crippen molar-refractivity contribution in [3.8, 4) is 0 Å². The maximum atomic E-state index is 11.7. The van der Waals surface area contributed by atoms with Crippen LogP contribution in [0.5, 0.6) is 0 Å². The summed E-state index contributed by atoms with van der Waals surface area (Å²) in [5, 5.41) is 0. The van der Waals surface area contributed by atoms with E-state index in [-0.39, 0.29) is 5.91 Å². The molecule has 0 aromatic heterocycles. The van der Waals surface area contributed by atoms with Gasteiger partial charge in [-0.1, -0.05) is 6.92 Å². The first-order chi connectivity index (χ1) is 6.79. The molecule has 1 atom stereocenters. The molecule has 0 unspecified atom stereocenters. The van der Waals surface area contributed by atoms with Gasteiger partial charge < -0.3 is 4.74 Å². The van der Waals surface area contributed by atoms with Gasteiger partial charge in [0.1, 0.15) is 5.60 Å². The van der Waals surface area contributed by atoms with E-state index in [1.807, 2.05) is 6.92 Å². The molecule has 1 rings (SSSR count). The monoisotopic (exact) mass is 213 g/mol. The molecule has 0 aliphatic carbocycles. The predicted molar refractivity (Wildman–Crippen MR) is 56.3 cm³/mol. The lowest BCUT2D eigenvalue weighted by atomic mass is 10.0. The summed E-state index contributed by atoms with van der Waals surface area (Å²) in [7, 11) is 0. The third kappa shape index (κ3) is 3.53. The van der Waals surface area contributed by atoms with E-state index in [1.165, 1.54) is 4.90 Å². The van der Waals surface area contributed by atoms with Crippen LogP contribution < -0.4 is 0 Å². The molecule has 15 heavy (non-hydrogen) atoms. The van der Waals surface area contributed by atoms with Gasteiger partial charge >= 0.3 is 6.09 Å². The minimum atomic E-state index is -0.544. The zero-order valence-electron chi connectivity index (χ0n) is 9.87. The lowest BCUT2D eigenvalue weighted by Crippen LogP contribution is -2.45. The van der Waals surface area contributed by atoms with E-state index < -0.39 is 11.7 Å². The highest BCUT2D eigenvalue weighted by atomic mass is 16.6. The van der Waals surface area contributed by atoms with Gasteiger partial charge in [0.05, 0.1) is 0 Å². The van der Waals surface area contributed by atoms with Gasteiger partial charge in [-0.2, -0.15) is 0 Å². The van der Waals surface area contributed by atoms with Crippen molar-refractivity contribution in [2.75, 3.05) is 6.54 Å². The Bertz CT molecular complexity index is 267. The van der Waals surface area contributed by atoms with Gasteiger partial charge in [0.15, 0.2) is 0 Å². The molecule has 0 aromatic rings. The van der Waals surface area contributed by atoms with Crippen molar-refractivity contribution in [2.45, 2.75) is 46.1 Å². The molecule has 1 saturated heterocycles. The molecule has 0 radical (unpaired) electrons. The van der Waals surface area contributed by atoms with Gasteiger partial charge in [-0.3, -0.25) is 4.79 Å². The average Bonchev–Trinajstić information content (AvgIpc) is 2.06. The van der Waals surface area contributed by atoms with Gasteiger partial charge in [0.2, 0.25) is 5.91 Å². The normalized spacial score (nSPS) is 22.8. The number of ether oxygens (including phenoxy) is 1. The van der Waals surface area contributed by atoms with Crippen LogP contribution in [0.15, 0.2) is 0 Å². The largest absolute Gasteiger partial charge is 0.443 e. The quantitative estimate of drug-likeness (QED) is 0.619. The third-order valence-electron chi connectivity index (χ3n) is 2.26. The Balaban J connectivity index is 2.61. The highest BCUT2D eigenvalue weighted by molar-refractivity contribution is 5.92. The number of rotatable bonds is 0. The first kappa shape index (κ1) is 12.0. The number of carbonyl (C=O) groups is 2. The Morgan fingerprint density at radius 1 is 1.47 bits per heavy atom. The summed E-state index contributed by atoms with van der Waals surface area (Å²) < 4.78 is 5.16. The molecule has 0 N–H and O–H groups in total. The van der Waals surface area contributed by atoms with Crippen LogP contribution in [0, 0.1) is 5.92 Å². The lowest BCUT2D eigenvalue weighted by molar-refractivity contribution is -0.133. The predicted octanol–water partition coefficient (Wildman–Crippen LogP) is 2.18. The minimum absolute atomic E-state index is 0.123. The van der Waals surface area contributed by atoms with Crippen LogP contribution in [0.3, 0.4) is 0 Å². The Hall–Kier alpha value is -1.06. The SMILES string of the molecule is C[C@H]1CCC(=O)N(C(=O)OC(C)(C)C)C1. The van der Waals surface area contributed by atoms with Crippen LogP contribution >= 0.6 is 0 Å². The van der Waals surface area contributed by atoms with Crippen LogP contribution in [0.25, 0.3) is 0 Å². The molecule has 0 aromatic carbocycles. The summed E-state index contributed by atoms with van der Waals surface area (Å²) in [4.78, 5) is 24.4. The van der Waals surface area contributed by atoms with E-state index in [0.29, 0.717) is 18.9 Å². The standard InChI is InChI=1S/C11H19NO3/c1-8-5-6-9(13)12(7-8)10(14)15-11(2,3)4/h8H,5-7H2,1-4H3/t8-/m0/s1. The Labute approximate surface area is 90.6 Å². The zero-order valence-corrected chi connectivity index (χ0v) is 9.87. The summed E-state index contributed by atoms with van der Waals surface area (Å²) in [6.45, 7) is 7.89. The molecule has 1 fully saturated rings. The van der Waals surface area contributed by atoms with Crippen molar-refractivity contribution in [1.29, 1.82) is 0 Å². The second kappa shape index (κ2) is 4.21. The summed E-state index contributed by atoms with van der Waals surface area (Å²) >= 11 is 0. The number of nitrogens with zero attached hydrogens (tertiary/aromatic N) is 1. The lowest BCUT2D eigenvalue weighted by Gasteiger charge is -2.31. The third-order valence-corrected chi connectivity index (χ3v) is 2.26.